The summed E-state index contributed by atoms with van der Waals surface area (Å²) in [6, 6.07) is 3.63. The number of carbonyl (C=O) groups is 2. The van der Waals surface area contributed by atoms with Gasteiger partial charge in [-0.05, 0) is 31.7 Å². The summed E-state index contributed by atoms with van der Waals surface area (Å²) >= 11 is 1.65. The van der Waals surface area contributed by atoms with Crippen LogP contribution in [0.15, 0.2) is 22.0 Å². The van der Waals surface area contributed by atoms with Gasteiger partial charge in [0, 0.05) is 18.5 Å². The van der Waals surface area contributed by atoms with E-state index in [0.29, 0.717) is 12.2 Å². The summed E-state index contributed by atoms with van der Waals surface area (Å²) in [7, 11) is 1.68. The number of urea groups is 1. The molecule has 0 radical (unpaired) electrons. The number of esters is 1. The molecule has 0 unspecified atom stereocenters. The zero-order chi connectivity index (χ0) is 16.8. The Bertz CT molecular complexity index is 666. The van der Waals surface area contributed by atoms with Crippen LogP contribution < -0.4 is 5.32 Å². The first-order valence-electron chi connectivity index (χ1n) is 7.20. The third-order valence-corrected chi connectivity index (χ3v) is 4.12. The van der Waals surface area contributed by atoms with E-state index in [1.165, 1.54) is 9.78 Å². The fourth-order valence-electron chi connectivity index (χ4n) is 1.93. The summed E-state index contributed by atoms with van der Waals surface area (Å²) < 4.78 is 9.97. The molecule has 2 heterocycles. The molecule has 2 aromatic heterocycles. The average Bonchev–Trinajstić information content (AvgIpc) is 3.15. The standard InChI is InChI=1S/C15H19N3O4S/c1-4-21-14(19)12-10(2)17-22-13(12)16-15(20)18(3)8-7-11-6-5-9-23-11/h5-6,9H,4,7-8H2,1-3H3,(H,16,20). The minimum Gasteiger partial charge on any atom is -0.462 e. The van der Waals surface area contributed by atoms with Crippen LogP contribution in [0.25, 0.3) is 0 Å². The summed E-state index contributed by atoms with van der Waals surface area (Å²) in [5.74, 6) is -0.559. The van der Waals surface area contributed by atoms with Crippen LogP contribution in [-0.2, 0) is 11.2 Å². The maximum Gasteiger partial charge on any atom is 0.345 e. The van der Waals surface area contributed by atoms with Crippen LogP contribution >= 0.6 is 11.3 Å². The number of hydrogen-bond acceptors (Lipinski definition) is 6. The van der Waals surface area contributed by atoms with Gasteiger partial charge in [0.25, 0.3) is 0 Å². The van der Waals surface area contributed by atoms with E-state index in [2.05, 4.69) is 10.5 Å². The number of aryl methyl sites for hydroxylation is 1. The molecule has 0 saturated heterocycles. The Morgan fingerprint density at radius 3 is 2.91 bits per heavy atom. The maximum absolute atomic E-state index is 12.2. The lowest BCUT2D eigenvalue weighted by Gasteiger charge is -2.16. The van der Waals surface area contributed by atoms with E-state index in [9.17, 15) is 9.59 Å². The summed E-state index contributed by atoms with van der Waals surface area (Å²) in [6.45, 7) is 4.11. The van der Waals surface area contributed by atoms with Gasteiger partial charge in [0.2, 0.25) is 5.88 Å². The predicted octanol–water partition coefficient (Wildman–Crippen LogP) is 2.93. The SMILES string of the molecule is CCOC(=O)c1c(C)noc1NC(=O)N(C)CCc1cccs1. The molecule has 0 aliphatic heterocycles. The lowest BCUT2D eigenvalue weighted by molar-refractivity contribution is 0.0526. The first-order valence-corrected chi connectivity index (χ1v) is 8.08. The number of aromatic nitrogens is 1. The molecule has 0 fully saturated rings. The van der Waals surface area contributed by atoms with Crippen molar-refractivity contribution in [2.24, 2.45) is 0 Å². The van der Waals surface area contributed by atoms with Gasteiger partial charge < -0.3 is 14.2 Å². The summed E-state index contributed by atoms with van der Waals surface area (Å²) in [4.78, 5) is 26.8. The molecular formula is C15H19N3O4S. The van der Waals surface area contributed by atoms with Crippen LogP contribution in [0.2, 0.25) is 0 Å². The van der Waals surface area contributed by atoms with Gasteiger partial charge in [0.1, 0.15) is 5.56 Å². The van der Waals surface area contributed by atoms with Gasteiger partial charge in [0.05, 0.1) is 12.3 Å². The first kappa shape index (κ1) is 17.0. The number of hydrogen-bond donors (Lipinski definition) is 1. The number of amides is 2. The molecule has 0 aromatic carbocycles. The number of nitrogens with zero attached hydrogens (tertiary/aromatic N) is 2. The number of anilines is 1. The molecule has 23 heavy (non-hydrogen) atoms. The molecule has 124 valence electrons. The van der Waals surface area contributed by atoms with Crippen molar-refractivity contribution in [3.63, 3.8) is 0 Å². The van der Waals surface area contributed by atoms with Gasteiger partial charge in [-0.15, -0.1) is 11.3 Å². The maximum atomic E-state index is 12.2. The first-order chi connectivity index (χ1) is 11.0. The van der Waals surface area contributed by atoms with E-state index < -0.39 is 5.97 Å². The third kappa shape index (κ3) is 4.32. The molecule has 0 bridgehead atoms. The Hall–Kier alpha value is -2.35. The van der Waals surface area contributed by atoms with Crippen LogP contribution in [-0.4, -0.2) is 42.3 Å². The van der Waals surface area contributed by atoms with Crippen LogP contribution in [0.5, 0.6) is 0 Å². The van der Waals surface area contributed by atoms with Crippen LogP contribution in [0.1, 0.15) is 27.9 Å². The number of ether oxygens (including phenoxy) is 1. The van der Waals surface area contributed by atoms with Gasteiger partial charge in [-0.3, -0.25) is 5.32 Å². The molecular weight excluding hydrogens is 318 g/mol. The summed E-state index contributed by atoms with van der Waals surface area (Å²) in [5.41, 5.74) is 0.520. The highest BCUT2D eigenvalue weighted by Gasteiger charge is 2.24. The quantitative estimate of drug-likeness (QED) is 0.819. The third-order valence-electron chi connectivity index (χ3n) is 3.18. The Morgan fingerprint density at radius 1 is 1.48 bits per heavy atom. The van der Waals surface area contributed by atoms with Crippen molar-refractivity contribution in [2.75, 3.05) is 25.5 Å². The summed E-state index contributed by atoms with van der Waals surface area (Å²) in [6.07, 6.45) is 0.766. The van der Waals surface area contributed by atoms with Gasteiger partial charge in [-0.1, -0.05) is 11.2 Å². The Kier molecular flexibility index (Phi) is 5.75. The lowest BCUT2D eigenvalue weighted by Crippen LogP contribution is -2.33. The van der Waals surface area contributed by atoms with E-state index in [1.807, 2.05) is 17.5 Å². The lowest BCUT2D eigenvalue weighted by atomic mass is 10.2. The van der Waals surface area contributed by atoms with E-state index in [0.717, 1.165) is 6.42 Å². The molecule has 0 aliphatic carbocycles. The normalized spacial score (nSPS) is 10.4. The van der Waals surface area contributed by atoms with E-state index in [4.69, 9.17) is 9.26 Å². The Morgan fingerprint density at radius 2 is 2.26 bits per heavy atom. The van der Waals surface area contributed by atoms with Gasteiger partial charge in [-0.25, -0.2) is 9.59 Å². The highest BCUT2D eigenvalue weighted by atomic mass is 32.1. The molecule has 2 aromatic rings. The van der Waals surface area contributed by atoms with Crippen molar-refractivity contribution in [1.29, 1.82) is 0 Å². The minimum absolute atomic E-state index is 0.00826. The molecule has 0 atom stereocenters. The van der Waals surface area contributed by atoms with Crippen LogP contribution in [0.4, 0.5) is 10.7 Å². The Labute approximate surface area is 138 Å². The highest BCUT2D eigenvalue weighted by molar-refractivity contribution is 7.09. The molecule has 2 rings (SSSR count). The molecule has 7 nitrogen and oxygen atoms in total. The average molecular weight is 337 g/mol. The zero-order valence-corrected chi connectivity index (χ0v) is 14.1. The smallest absolute Gasteiger partial charge is 0.345 e. The van der Waals surface area contributed by atoms with Crippen molar-refractivity contribution < 1.29 is 18.8 Å². The number of carbonyl (C=O) groups excluding carboxylic acids is 2. The van der Waals surface area contributed by atoms with E-state index in [1.54, 1.807) is 32.2 Å². The molecule has 1 N–H and O–H groups in total. The van der Waals surface area contributed by atoms with Crippen molar-refractivity contribution in [3.05, 3.63) is 33.6 Å². The minimum atomic E-state index is -0.567. The van der Waals surface area contributed by atoms with Crippen molar-refractivity contribution in [3.8, 4) is 0 Å². The topological polar surface area (TPSA) is 84.7 Å². The van der Waals surface area contributed by atoms with Crippen LogP contribution in [0, 0.1) is 6.92 Å². The number of rotatable bonds is 6. The van der Waals surface area contributed by atoms with Crippen molar-refractivity contribution in [1.82, 2.24) is 10.1 Å². The number of nitrogens with one attached hydrogen (secondary N) is 1. The number of likely N-dealkylation sites (N-methyl/N-ethyl adjacent to an activating group) is 1. The second-order valence-corrected chi connectivity index (χ2v) is 5.91. The number of thiophene rings is 1. The molecule has 2 amide bonds. The highest BCUT2D eigenvalue weighted by Crippen LogP contribution is 2.20. The molecule has 0 saturated carbocycles. The second-order valence-electron chi connectivity index (χ2n) is 4.87. The molecule has 8 heteroatoms. The molecule has 0 aliphatic rings. The van der Waals surface area contributed by atoms with E-state index in [-0.39, 0.29) is 24.1 Å². The van der Waals surface area contributed by atoms with Gasteiger partial charge >= 0.3 is 12.0 Å². The van der Waals surface area contributed by atoms with Crippen LogP contribution in [0.3, 0.4) is 0 Å². The summed E-state index contributed by atoms with van der Waals surface area (Å²) in [5, 5.41) is 8.27. The predicted molar refractivity (Wildman–Crippen MR) is 86.9 cm³/mol. The fraction of sp³-hybridized carbons (Fsp3) is 0.400. The fourth-order valence-corrected chi connectivity index (χ4v) is 2.62. The zero-order valence-electron chi connectivity index (χ0n) is 13.3. The van der Waals surface area contributed by atoms with Gasteiger partial charge in [-0.2, -0.15) is 0 Å². The molecule has 0 spiro atoms. The van der Waals surface area contributed by atoms with E-state index >= 15 is 0 Å². The monoisotopic (exact) mass is 337 g/mol. The largest absolute Gasteiger partial charge is 0.462 e. The van der Waals surface area contributed by atoms with Crippen molar-refractivity contribution in [2.45, 2.75) is 20.3 Å². The van der Waals surface area contributed by atoms with Gasteiger partial charge in [0.15, 0.2) is 0 Å². The van der Waals surface area contributed by atoms with Crippen molar-refractivity contribution >= 4 is 29.2 Å². The second kappa shape index (κ2) is 7.77. The Balaban J connectivity index is 1.98.